The quantitative estimate of drug-likeness (QED) is 0.628. The highest BCUT2D eigenvalue weighted by Crippen LogP contribution is 2.15. The lowest BCUT2D eigenvalue weighted by molar-refractivity contribution is 0.448. The maximum absolute atomic E-state index is 5.74. The molecule has 0 radical (unpaired) electrons. The van der Waals surface area contributed by atoms with Crippen LogP contribution >= 0.6 is 11.6 Å². The summed E-state index contributed by atoms with van der Waals surface area (Å²) in [6, 6.07) is 4.38. The van der Waals surface area contributed by atoms with E-state index in [4.69, 9.17) is 18.0 Å². The molecule has 0 aliphatic carbocycles. The second-order valence-electron chi connectivity index (χ2n) is 3.82. The molecule has 2 unspecified atom stereocenters. The van der Waals surface area contributed by atoms with E-state index >= 15 is 0 Å². The van der Waals surface area contributed by atoms with Gasteiger partial charge in [-0.15, -0.1) is 12.3 Å². The first kappa shape index (κ1) is 13.0. The molecule has 0 aromatic carbocycles. The van der Waals surface area contributed by atoms with Crippen LogP contribution in [0, 0.1) is 12.3 Å². The Morgan fingerprint density at radius 3 is 2.81 bits per heavy atom. The molecule has 0 fully saturated rings. The van der Waals surface area contributed by atoms with Gasteiger partial charge >= 0.3 is 0 Å². The average Bonchev–Trinajstić information content (AvgIpc) is 2.29. The average molecular weight is 237 g/mol. The van der Waals surface area contributed by atoms with Gasteiger partial charge in [-0.1, -0.05) is 24.6 Å². The zero-order valence-electron chi connectivity index (χ0n) is 9.70. The number of hydrogen-bond donors (Lipinski definition) is 1. The molecule has 1 rings (SSSR count). The number of nitrogens with zero attached hydrogens (tertiary/aromatic N) is 1. The lowest BCUT2D eigenvalue weighted by Crippen LogP contribution is -2.30. The molecule has 3 heteroatoms. The monoisotopic (exact) mass is 236 g/mol. The van der Waals surface area contributed by atoms with Gasteiger partial charge in [0.1, 0.15) is 5.15 Å². The van der Waals surface area contributed by atoms with E-state index in [-0.39, 0.29) is 6.04 Å². The Morgan fingerprint density at radius 2 is 2.31 bits per heavy atom. The predicted octanol–water partition coefficient (Wildman–Crippen LogP) is 3.19. The summed E-state index contributed by atoms with van der Waals surface area (Å²) in [7, 11) is 0. The topological polar surface area (TPSA) is 24.9 Å². The molecule has 1 aromatic rings. The molecule has 2 nitrogen and oxygen atoms in total. The Labute approximate surface area is 102 Å². The highest BCUT2D eigenvalue weighted by atomic mass is 35.5. The number of hydrogen-bond acceptors (Lipinski definition) is 2. The van der Waals surface area contributed by atoms with E-state index in [0.717, 1.165) is 18.4 Å². The van der Waals surface area contributed by atoms with E-state index in [2.05, 4.69) is 30.1 Å². The largest absolute Gasteiger partial charge is 0.306 e. The lowest BCUT2D eigenvalue weighted by Gasteiger charge is -2.20. The van der Waals surface area contributed by atoms with E-state index in [9.17, 15) is 0 Å². The molecule has 0 spiro atoms. The van der Waals surface area contributed by atoms with Crippen molar-refractivity contribution in [1.82, 2.24) is 10.3 Å². The zero-order valence-corrected chi connectivity index (χ0v) is 10.5. The molecule has 0 aliphatic heterocycles. The Kier molecular flexibility index (Phi) is 5.31. The third kappa shape index (κ3) is 3.84. The summed E-state index contributed by atoms with van der Waals surface area (Å²) in [5, 5.41) is 4.00. The number of rotatable bonds is 5. The van der Waals surface area contributed by atoms with Crippen molar-refractivity contribution in [3.8, 4) is 12.3 Å². The molecule has 0 amide bonds. The van der Waals surface area contributed by atoms with Crippen LogP contribution in [0.2, 0.25) is 5.15 Å². The summed E-state index contributed by atoms with van der Waals surface area (Å²) in [5.74, 6) is 2.69. The van der Waals surface area contributed by atoms with Gasteiger partial charge in [-0.05, 0) is 25.0 Å². The van der Waals surface area contributed by atoms with Crippen LogP contribution < -0.4 is 5.32 Å². The first-order chi connectivity index (χ1) is 7.67. The smallest absolute Gasteiger partial charge is 0.129 e. The predicted molar refractivity (Wildman–Crippen MR) is 68.3 cm³/mol. The van der Waals surface area contributed by atoms with Crippen molar-refractivity contribution in [1.29, 1.82) is 0 Å². The van der Waals surface area contributed by atoms with Crippen LogP contribution in [-0.4, -0.2) is 11.0 Å². The fourth-order valence-corrected chi connectivity index (χ4v) is 1.67. The summed E-state index contributed by atoms with van der Waals surface area (Å²) in [6.45, 7) is 4.23. The van der Waals surface area contributed by atoms with E-state index in [0.29, 0.717) is 11.2 Å². The second-order valence-corrected chi connectivity index (χ2v) is 4.20. The van der Waals surface area contributed by atoms with Crippen molar-refractivity contribution in [2.45, 2.75) is 38.8 Å². The van der Waals surface area contributed by atoms with E-state index in [1.165, 1.54) is 0 Å². The number of aromatic nitrogens is 1. The van der Waals surface area contributed by atoms with Crippen LogP contribution in [-0.2, 0) is 0 Å². The number of nitrogens with one attached hydrogen (secondary N) is 1. The minimum atomic E-state index is 0.239. The van der Waals surface area contributed by atoms with Gasteiger partial charge in [0.05, 0.1) is 0 Å². The highest BCUT2D eigenvalue weighted by Gasteiger charge is 2.10. The number of halogens is 1. The molecule has 0 saturated carbocycles. The van der Waals surface area contributed by atoms with Crippen molar-refractivity contribution in [3.05, 3.63) is 29.0 Å². The minimum absolute atomic E-state index is 0.239. The first-order valence-corrected chi connectivity index (χ1v) is 5.86. The van der Waals surface area contributed by atoms with E-state index in [1.807, 2.05) is 6.07 Å². The number of terminal acetylenes is 1. The van der Waals surface area contributed by atoms with Gasteiger partial charge in [-0.2, -0.15) is 0 Å². The Hall–Kier alpha value is -1.04. The first-order valence-electron chi connectivity index (χ1n) is 5.48. The molecule has 0 aliphatic rings. The summed E-state index contributed by atoms with van der Waals surface area (Å²) in [4.78, 5) is 4.06. The zero-order chi connectivity index (χ0) is 12.0. The molecule has 1 heterocycles. The number of pyridine rings is 1. The van der Waals surface area contributed by atoms with E-state index in [1.54, 1.807) is 12.3 Å². The van der Waals surface area contributed by atoms with Crippen LogP contribution in [0.4, 0.5) is 0 Å². The third-order valence-corrected chi connectivity index (χ3v) is 2.82. The Balaban J connectivity index is 2.60. The summed E-state index contributed by atoms with van der Waals surface area (Å²) < 4.78 is 0. The van der Waals surface area contributed by atoms with Gasteiger partial charge in [0.15, 0.2) is 0 Å². The van der Waals surface area contributed by atoms with Crippen molar-refractivity contribution < 1.29 is 0 Å². The minimum Gasteiger partial charge on any atom is -0.306 e. The Morgan fingerprint density at radius 1 is 1.56 bits per heavy atom. The van der Waals surface area contributed by atoms with Crippen molar-refractivity contribution >= 4 is 11.6 Å². The van der Waals surface area contributed by atoms with Crippen molar-refractivity contribution in [2.24, 2.45) is 0 Å². The van der Waals surface area contributed by atoms with E-state index < -0.39 is 0 Å². The maximum atomic E-state index is 5.74. The molecule has 0 saturated heterocycles. The fourth-order valence-electron chi connectivity index (χ4n) is 1.56. The van der Waals surface area contributed by atoms with Gasteiger partial charge in [-0.25, -0.2) is 4.98 Å². The second kappa shape index (κ2) is 6.52. The van der Waals surface area contributed by atoms with Gasteiger partial charge in [0.2, 0.25) is 0 Å². The maximum Gasteiger partial charge on any atom is 0.129 e. The summed E-state index contributed by atoms with van der Waals surface area (Å²) in [5.41, 5.74) is 1.12. The molecule has 16 heavy (non-hydrogen) atoms. The summed E-state index contributed by atoms with van der Waals surface area (Å²) >= 11 is 5.74. The van der Waals surface area contributed by atoms with Crippen LogP contribution in [0.5, 0.6) is 0 Å². The van der Waals surface area contributed by atoms with Crippen LogP contribution in [0.1, 0.15) is 38.3 Å². The normalized spacial score (nSPS) is 14.1. The van der Waals surface area contributed by atoms with Crippen LogP contribution in [0.15, 0.2) is 18.3 Å². The third-order valence-electron chi connectivity index (χ3n) is 2.59. The van der Waals surface area contributed by atoms with Gasteiger partial charge < -0.3 is 5.32 Å². The van der Waals surface area contributed by atoms with Gasteiger partial charge in [0, 0.05) is 24.7 Å². The standard InChI is InChI=1S/C13H17ClN2/c1-4-6-12(5-2)16-10(3)11-7-8-13(14)15-9-11/h1,7-10,12,16H,5-6H2,2-3H3. The van der Waals surface area contributed by atoms with Crippen LogP contribution in [0.25, 0.3) is 0 Å². The lowest BCUT2D eigenvalue weighted by atomic mass is 10.1. The van der Waals surface area contributed by atoms with Gasteiger partial charge in [-0.3, -0.25) is 0 Å². The van der Waals surface area contributed by atoms with Crippen molar-refractivity contribution in [3.63, 3.8) is 0 Å². The van der Waals surface area contributed by atoms with Gasteiger partial charge in [0.25, 0.3) is 0 Å². The molecule has 86 valence electrons. The molecule has 2 atom stereocenters. The molecular weight excluding hydrogens is 220 g/mol. The summed E-state index contributed by atoms with van der Waals surface area (Å²) in [6.07, 6.45) is 8.89. The van der Waals surface area contributed by atoms with Crippen LogP contribution in [0.3, 0.4) is 0 Å². The molecule has 1 N–H and O–H groups in total. The Bertz CT molecular complexity index is 353. The van der Waals surface area contributed by atoms with Crippen molar-refractivity contribution in [2.75, 3.05) is 0 Å². The fraction of sp³-hybridized carbons (Fsp3) is 0.462. The molecule has 1 aromatic heterocycles. The molecular formula is C13H17ClN2. The highest BCUT2D eigenvalue weighted by molar-refractivity contribution is 6.29. The molecule has 0 bridgehead atoms. The SMILES string of the molecule is C#CCC(CC)NC(C)c1ccc(Cl)nc1.